The average Bonchev–Trinajstić information content (AvgIpc) is 2.28. The molecule has 4 N–H and O–H groups in total. The molecule has 5 heteroatoms. The minimum Gasteiger partial charge on any atom is -0.504 e. The summed E-state index contributed by atoms with van der Waals surface area (Å²) in [6.45, 7) is 2.18. The van der Waals surface area contributed by atoms with Gasteiger partial charge < -0.3 is 20.6 Å². The summed E-state index contributed by atoms with van der Waals surface area (Å²) in [4.78, 5) is 10.5. The molecule has 1 atom stereocenters. The van der Waals surface area contributed by atoms with Gasteiger partial charge in [-0.1, -0.05) is 6.07 Å². The van der Waals surface area contributed by atoms with Crippen LogP contribution >= 0.6 is 0 Å². The predicted molar refractivity (Wildman–Crippen MR) is 63.2 cm³/mol. The van der Waals surface area contributed by atoms with Crippen molar-refractivity contribution in [1.29, 1.82) is 0 Å². The molecule has 0 saturated carbocycles. The lowest BCUT2D eigenvalue weighted by atomic mass is 10.1. The fraction of sp³-hybridized carbons (Fsp3) is 0.417. The molecule has 0 amide bonds. The summed E-state index contributed by atoms with van der Waals surface area (Å²) in [7, 11) is 0. The van der Waals surface area contributed by atoms with Gasteiger partial charge in [-0.3, -0.25) is 4.79 Å². The lowest BCUT2D eigenvalue weighted by Crippen LogP contribution is -2.34. The second-order valence-electron chi connectivity index (χ2n) is 3.94. The summed E-state index contributed by atoms with van der Waals surface area (Å²) < 4.78 is 0. The molecule has 0 aliphatic carbocycles. The van der Waals surface area contributed by atoms with Crippen molar-refractivity contribution in [3.05, 3.63) is 23.8 Å². The zero-order valence-electron chi connectivity index (χ0n) is 9.68. The summed E-state index contributed by atoms with van der Waals surface area (Å²) >= 11 is 0. The molecule has 0 radical (unpaired) electrons. The van der Waals surface area contributed by atoms with Gasteiger partial charge in [-0.15, -0.1) is 0 Å². The number of carbonyl (C=O) groups is 1. The quantitative estimate of drug-likeness (QED) is 0.441. The van der Waals surface area contributed by atoms with Gasteiger partial charge in [0.1, 0.15) is 6.04 Å². The van der Waals surface area contributed by atoms with Crippen LogP contribution in [0.2, 0.25) is 0 Å². The number of rotatable bonds is 6. The van der Waals surface area contributed by atoms with Crippen LogP contribution in [0.15, 0.2) is 18.2 Å². The molecule has 1 rings (SSSR count). The molecule has 17 heavy (non-hydrogen) atoms. The number of hydrogen-bond donors (Lipinski definition) is 4. The number of benzene rings is 1. The van der Waals surface area contributed by atoms with Gasteiger partial charge in [0.15, 0.2) is 11.5 Å². The average molecular weight is 239 g/mol. The Hall–Kier alpha value is -1.75. The lowest BCUT2D eigenvalue weighted by Gasteiger charge is -2.09. The zero-order valence-corrected chi connectivity index (χ0v) is 9.68. The van der Waals surface area contributed by atoms with Gasteiger partial charge in [-0.2, -0.15) is 0 Å². The van der Waals surface area contributed by atoms with Crippen molar-refractivity contribution in [3.63, 3.8) is 0 Å². The maximum Gasteiger partial charge on any atom is 0.320 e. The third kappa shape index (κ3) is 4.32. The first kappa shape index (κ1) is 13.3. The standard InChI is InChI=1S/C12H17NO4/c1-8(12(16)17)13-6-2-3-9-4-5-10(14)11(15)7-9/h4-5,7-8,13-15H,2-3,6H2,1H3,(H,16,17)/t8-/m0/s1. The molecule has 0 unspecified atom stereocenters. The largest absolute Gasteiger partial charge is 0.504 e. The van der Waals surface area contributed by atoms with Crippen LogP contribution in [0.4, 0.5) is 0 Å². The smallest absolute Gasteiger partial charge is 0.320 e. The predicted octanol–water partition coefficient (Wildman–Crippen LogP) is 1.09. The molecule has 0 saturated heterocycles. The number of phenols is 2. The summed E-state index contributed by atoms with van der Waals surface area (Å²) in [5.74, 6) is -1.13. The van der Waals surface area contributed by atoms with Gasteiger partial charge in [0.05, 0.1) is 0 Å². The van der Waals surface area contributed by atoms with Crippen LogP contribution in [0, 0.1) is 0 Å². The van der Waals surface area contributed by atoms with E-state index in [1.54, 1.807) is 13.0 Å². The lowest BCUT2D eigenvalue weighted by molar-refractivity contribution is -0.138. The first-order valence-electron chi connectivity index (χ1n) is 5.47. The number of aromatic hydroxyl groups is 2. The van der Waals surface area contributed by atoms with Crippen molar-refractivity contribution < 1.29 is 20.1 Å². The van der Waals surface area contributed by atoms with Crippen molar-refractivity contribution in [2.24, 2.45) is 0 Å². The molecule has 5 nitrogen and oxygen atoms in total. The van der Waals surface area contributed by atoms with E-state index < -0.39 is 12.0 Å². The molecule has 0 aliphatic heterocycles. The van der Waals surface area contributed by atoms with E-state index in [1.165, 1.54) is 12.1 Å². The molecule has 0 bridgehead atoms. The first-order valence-corrected chi connectivity index (χ1v) is 5.47. The van der Waals surface area contributed by atoms with E-state index in [0.29, 0.717) is 13.0 Å². The van der Waals surface area contributed by atoms with Gasteiger partial charge in [-0.05, 0) is 44.0 Å². The molecular weight excluding hydrogens is 222 g/mol. The maximum absolute atomic E-state index is 10.5. The molecule has 0 fully saturated rings. The summed E-state index contributed by atoms with van der Waals surface area (Å²) in [5.41, 5.74) is 0.907. The van der Waals surface area contributed by atoms with Crippen molar-refractivity contribution in [2.75, 3.05) is 6.54 Å². The third-order valence-corrected chi connectivity index (χ3v) is 2.50. The topological polar surface area (TPSA) is 89.8 Å². The Bertz CT molecular complexity index is 392. The summed E-state index contributed by atoms with van der Waals surface area (Å²) in [5, 5.41) is 29.9. The Morgan fingerprint density at radius 3 is 2.65 bits per heavy atom. The Labute approximate surface area is 99.7 Å². The van der Waals surface area contributed by atoms with Crippen LogP contribution < -0.4 is 5.32 Å². The van der Waals surface area contributed by atoms with Crippen molar-refractivity contribution in [1.82, 2.24) is 5.32 Å². The van der Waals surface area contributed by atoms with Gasteiger partial charge in [0.25, 0.3) is 0 Å². The van der Waals surface area contributed by atoms with Crippen molar-refractivity contribution >= 4 is 5.97 Å². The van der Waals surface area contributed by atoms with Crippen molar-refractivity contribution in [2.45, 2.75) is 25.8 Å². The minimum absolute atomic E-state index is 0.130. The van der Waals surface area contributed by atoms with Gasteiger partial charge in [0, 0.05) is 0 Å². The Morgan fingerprint density at radius 2 is 2.06 bits per heavy atom. The normalized spacial score (nSPS) is 12.3. The Balaban J connectivity index is 2.31. The van der Waals surface area contributed by atoms with Gasteiger partial charge in [0.2, 0.25) is 0 Å². The molecule has 1 aromatic rings. The highest BCUT2D eigenvalue weighted by molar-refractivity contribution is 5.72. The molecule has 0 spiro atoms. The fourth-order valence-corrected chi connectivity index (χ4v) is 1.42. The van der Waals surface area contributed by atoms with Crippen LogP contribution in [0.5, 0.6) is 11.5 Å². The Kier molecular flexibility index (Phi) is 4.78. The van der Waals surface area contributed by atoms with Crippen LogP contribution in [-0.2, 0) is 11.2 Å². The molecule has 94 valence electrons. The van der Waals surface area contributed by atoms with Gasteiger partial charge in [-0.25, -0.2) is 0 Å². The second kappa shape index (κ2) is 6.10. The molecule has 1 aromatic carbocycles. The molecule has 0 aliphatic rings. The molecule has 0 aromatic heterocycles. The number of phenolic OH excluding ortho intramolecular Hbond substituents is 2. The van der Waals surface area contributed by atoms with Crippen molar-refractivity contribution in [3.8, 4) is 11.5 Å². The van der Waals surface area contributed by atoms with Crippen LogP contribution in [0.25, 0.3) is 0 Å². The van der Waals surface area contributed by atoms with E-state index in [1.807, 2.05) is 0 Å². The first-order chi connectivity index (χ1) is 8.00. The zero-order chi connectivity index (χ0) is 12.8. The number of carboxylic acids is 1. The van der Waals surface area contributed by atoms with E-state index in [4.69, 9.17) is 10.2 Å². The maximum atomic E-state index is 10.5. The van der Waals surface area contributed by atoms with E-state index >= 15 is 0 Å². The van der Waals surface area contributed by atoms with E-state index in [-0.39, 0.29) is 11.5 Å². The molecule has 0 heterocycles. The fourth-order valence-electron chi connectivity index (χ4n) is 1.42. The summed E-state index contributed by atoms with van der Waals surface area (Å²) in [6.07, 6.45) is 1.48. The third-order valence-electron chi connectivity index (χ3n) is 2.50. The SMILES string of the molecule is C[C@H](NCCCc1ccc(O)c(O)c1)C(=O)O. The molecular formula is C12H17NO4. The van der Waals surface area contributed by atoms with E-state index in [9.17, 15) is 9.90 Å². The van der Waals surface area contributed by atoms with E-state index in [0.717, 1.165) is 12.0 Å². The number of nitrogens with one attached hydrogen (secondary N) is 1. The summed E-state index contributed by atoms with van der Waals surface area (Å²) in [6, 6.07) is 4.13. The Morgan fingerprint density at radius 1 is 1.35 bits per heavy atom. The van der Waals surface area contributed by atoms with Crippen LogP contribution in [0.3, 0.4) is 0 Å². The van der Waals surface area contributed by atoms with Crippen LogP contribution in [-0.4, -0.2) is 33.9 Å². The highest BCUT2D eigenvalue weighted by Gasteiger charge is 2.08. The highest BCUT2D eigenvalue weighted by atomic mass is 16.4. The minimum atomic E-state index is -0.868. The second-order valence-corrected chi connectivity index (χ2v) is 3.94. The monoisotopic (exact) mass is 239 g/mol. The van der Waals surface area contributed by atoms with Crippen LogP contribution in [0.1, 0.15) is 18.9 Å². The van der Waals surface area contributed by atoms with Gasteiger partial charge >= 0.3 is 5.97 Å². The number of aryl methyl sites for hydroxylation is 1. The number of hydrogen-bond acceptors (Lipinski definition) is 4. The highest BCUT2D eigenvalue weighted by Crippen LogP contribution is 2.25. The van der Waals surface area contributed by atoms with E-state index in [2.05, 4.69) is 5.32 Å². The number of carboxylic acid groups (broad SMARTS) is 1. The number of aliphatic carboxylic acids is 1.